The molecule has 25 heavy (non-hydrogen) atoms. The molecule has 0 bridgehead atoms. The van der Waals surface area contributed by atoms with Crippen LogP contribution in [0.1, 0.15) is 17.5 Å². The zero-order valence-electron chi connectivity index (χ0n) is 14.0. The summed E-state index contributed by atoms with van der Waals surface area (Å²) < 4.78 is 26.2. The highest BCUT2D eigenvalue weighted by Crippen LogP contribution is 2.43. The zero-order valence-corrected chi connectivity index (χ0v) is 14.0. The van der Waals surface area contributed by atoms with E-state index in [1.807, 2.05) is 42.5 Å². The molecule has 4 nitrogen and oxygen atoms in total. The first-order valence-corrected chi connectivity index (χ1v) is 8.65. The van der Waals surface area contributed by atoms with Crippen molar-refractivity contribution in [1.29, 1.82) is 0 Å². The summed E-state index contributed by atoms with van der Waals surface area (Å²) in [5, 5.41) is 0. The standard InChI is InChI=1S/C20H22FNO3/c21-19-9-5-4-8-18(19)20-10-17(24-12-16(20)13-25-22-20)14-23-11-15-6-2-1-3-7-15/h1-9,16-17,22H,10-14H2/t16-,17+,20-/m0/s1. The summed E-state index contributed by atoms with van der Waals surface area (Å²) in [7, 11) is 0. The first-order valence-electron chi connectivity index (χ1n) is 8.65. The van der Waals surface area contributed by atoms with Crippen LogP contribution in [0.3, 0.4) is 0 Å². The molecule has 2 saturated heterocycles. The Morgan fingerprint density at radius 2 is 1.88 bits per heavy atom. The molecule has 2 aliphatic heterocycles. The predicted molar refractivity (Wildman–Crippen MR) is 91.1 cm³/mol. The summed E-state index contributed by atoms with van der Waals surface area (Å²) in [6.07, 6.45) is 0.515. The fraction of sp³-hybridized carbons (Fsp3) is 0.400. The molecule has 5 heteroatoms. The molecule has 0 amide bonds. The number of nitrogens with one attached hydrogen (secondary N) is 1. The van der Waals surface area contributed by atoms with Gasteiger partial charge < -0.3 is 14.3 Å². The molecule has 0 saturated carbocycles. The third-order valence-corrected chi connectivity index (χ3v) is 5.09. The van der Waals surface area contributed by atoms with Crippen molar-refractivity contribution >= 4 is 0 Å². The van der Waals surface area contributed by atoms with Crippen molar-refractivity contribution in [2.75, 3.05) is 19.8 Å². The van der Waals surface area contributed by atoms with E-state index in [2.05, 4.69) is 5.48 Å². The molecular formula is C20H22FNO3. The predicted octanol–water partition coefficient (Wildman–Crippen LogP) is 3.18. The number of rotatable bonds is 5. The normalized spacial score (nSPS) is 28.7. The molecule has 132 valence electrons. The Hall–Kier alpha value is -1.79. The Kier molecular flexibility index (Phi) is 4.81. The Labute approximate surface area is 146 Å². The van der Waals surface area contributed by atoms with E-state index in [1.54, 1.807) is 6.07 Å². The fourth-order valence-corrected chi connectivity index (χ4v) is 3.76. The van der Waals surface area contributed by atoms with E-state index in [0.717, 1.165) is 5.56 Å². The van der Waals surface area contributed by atoms with Gasteiger partial charge in [-0.1, -0.05) is 48.5 Å². The van der Waals surface area contributed by atoms with E-state index in [9.17, 15) is 4.39 Å². The van der Waals surface area contributed by atoms with Gasteiger partial charge in [-0.05, 0) is 11.6 Å². The van der Waals surface area contributed by atoms with Crippen LogP contribution in [0.5, 0.6) is 0 Å². The summed E-state index contributed by atoms with van der Waals surface area (Å²) in [5.74, 6) is -0.119. The van der Waals surface area contributed by atoms with Gasteiger partial charge in [0.2, 0.25) is 0 Å². The maximum absolute atomic E-state index is 14.4. The van der Waals surface area contributed by atoms with Crippen molar-refractivity contribution in [3.05, 3.63) is 71.5 Å². The second-order valence-electron chi connectivity index (χ2n) is 6.72. The Balaban J connectivity index is 1.45. The van der Waals surface area contributed by atoms with Crippen LogP contribution in [0.4, 0.5) is 4.39 Å². The van der Waals surface area contributed by atoms with Gasteiger partial charge in [-0.3, -0.25) is 0 Å². The van der Waals surface area contributed by atoms with Gasteiger partial charge in [0.15, 0.2) is 0 Å². The topological polar surface area (TPSA) is 39.7 Å². The largest absolute Gasteiger partial charge is 0.375 e. The number of fused-ring (bicyclic) bond motifs is 1. The molecule has 2 fully saturated rings. The van der Waals surface area contributed by atoms with E-state index < -0.39 is 5.54 Å². The summed E-state index contributed by atoms with van der Waals surface area (Å²) >= 11 is 0. The van der Waals surface area contributed by atoms with Crippen LogP contribution in [0.2, 0.25) is 0 Å². The minimum Gasteiger partial charge on any atom is -0.375 e. The van der Waals surface area contributed by atoms with E-state index >= 15 is 0 Å². The van der Waals surface area contributed by atoms with Crippen LogP contribution >= 0.6 is 0 Å². The molecule has 2 aromatic rings. The summed E-state index contributed by atoms with van der Waals surface area (Å²) in [4.78, 5) is 5.49. The van der Waals surface area contributed by atoms with Gasteiger partial charge in [0.1, 0.15) is 5.82 Å². The molecule has 0 radical (unpaired) electrons. The van der Waals surface area contributed by atoms with Crippen LogP contribution in [-0.4, -0.2) is 25.9 Å². The minimum atomic E-state index is -0.551. The van der Waals surface area contributed by atoms with Crippen molar-refractivity contribution in [3.63, 3.8) is 0 Å². The number of hydrogen-bond donors (Lipinski definition) is 1. The lowest BCUT2D eigenvalue weighted by atomic mass is 9.74. The van der Waals surface area contributed by atoms with Crippen molar-refractivity contribution in [2.24, 2.45) is 5.92 Å². The molecule has 0 aromatic heterocycles. The van der Waals surface area contributed by atoms with Crippen LogP contribution in [-0.2, 0) is 26.5 Å². The Bertz CT molecular complexity index is 711. The first-order chi connectivity index (χ1) is 12.3. The SMILES string of the molecule is Fc1ccccc1[C@]12C[C@H](COCc3ccccc3)OC[C@H]1CON2. The van der Waals surface area contributed by atoms with E-state index in [1.165, 1.54) is 6.07 Å². The van der Waals surface area contributed by atoms with Gasteiger partial charge in [-0.15, -0.1) is 0 Å². The van der Waals surface area contributed by atoms with Gasteiger partial charge in [0, 0.05) is 17.9 Å². The van der Waals surface area contributed by atoms with Crippen molar-refractivity contribution in [1.82, 2.24) is 5.48 Å². The van der Waals surface area contributed by atoms with Gasteiger partial charge in [0.25, 0.3) is 0 Å². The summed E-state index contributed by atoms with van der Waals surface area (Å²) in [6, 6.07) is 16.9. The van der Waals surface area contributed by atoms with Crippen molar-refractivity contribution in [3.8, 4) is 0 Å². The quantitative estimate of drug-likeness (QED) is 0.905. The average Bonchev–Trinajstić information content (AvgIpc) is 3.07. The zero-order chi connectivity index (χ0) is 17.1. The lowest BCUT2D eigenvalue weighted by Gasteiger charge is -2.41. The molecule has 0 unspecified atom stereocenters. The van der Waals surface area contributed by atoms with Gasteiger partial charge in [-0.2, -0.15) is 5.48 Å². The van der Waals surface area contributed by atoms with Crippen molar-refractivity contribution < 1.29 is 18.7 Å². The van der Waals surface area contributed by atoms with Crippen LogP contribution in [0.15, 0.2) is 54.6 Å². The molecule has 4 rings (SSSR count). The fourth-order valence-electron chi connectivity index (χ4n) is 3.76. The maximum Gasteiger partial charge on any atom is 0.128 e. The summed E-state index contributed by atoms with van der Waals surface area (Å²) in [5.41, 5.74) is 4.31. The van der Waals surface area contributed by atoms with Crippen molar-refractivity contribution in [2.45, 2.75) is 24.7 Å². The minimum absolute atomic E-state index is 0.0924. The molecule has 0 aliphatic carbocycles. The smallest absolute Gasteiger partial charge is 0.128 e. The van der Waals surface area contributed by atoms with Crippen LogP contribution in [0, 0.1) is 11.7 Å². The average molecular weight is 343 g/mol. The third-order valence-electron chi connectivity index (χ3n) is 5.09. The van der Waals surface area contributed by atoms with Gasteiger partial charge in [0.05, 0.1) is 38.1 Å². The van der Waals surface area contributed by atoms with E-state index in [-0.39, 0.29) is 17.8 Å². The molecule has 2 heterocycles. The number of halogens is 1. The molecule has 2 aromatic carbocycles. The number of benzene rings is 2. The second kappa shape index (κ2) is 7.22. The first kappa shape index (κ1) is 16.7. The molecule has 2 aliphatic rings. The summed E-state index contributed by atoms with van der Waals surface area (Å²) in [6.45, 7) is 2.06. The Morgan fingerprint density at radius 3 is 2.72 bits per heavy atom. The molecule has 0 spiro atoms. The van der Waals surface area contributed by atoms with Crippen LogP contribution in [0.25, 0.3) is 0 Å². The highest BCUT2D eigenvalue weighted by atomic mass is 19.1. The Morgan fingerprint density at radius 1 is 1.08 bits per heavy atom. The number of hydrogen-bond acceptors (Lipinski definition) is 4. The second-order valence-corrected chi connectivity index (χ2v) is 6.72. The van der Waals surface area contributed by atoms with Gasteiger partial charge in [-0.25, -0.2) is 4.39 Å². The monoisotopic (exact) mass is 343 g/mol. The maximum atomic E-state index is 14.4. The van der Waals surface area contributed by atoms with Gasteiger partial charge >= 0.3 is 0 Å². The highest BCUT2D eigenvalue weighted by Gasteiger charge is 2.51. The lowest BCUT2D eigenvalue weighted by molar-refractivity contribution is -0.0937. The highest BCUT2D eigenvalue weighted by molar-refractivity contribution is 5.29. The van der Waals surface area contributed by atoms with E-state index in [0.29, 0.717) is 38.4 Å². The van der Waals surface area contributed by atoms with Crippen LogP contribution < -0.4 is 5.48 Å². The molecule has 3 atom stereocenters. The third kappa shape index (κ3) is 3.33. The lowest BCUT2D eigenvalue weighted by Crippen LogP contribution is -2.51. The van der Waals surface area contributed by atoms with E-state index in [4.69, 9.17) is 14.3 Å². The molecule has 1 N–H and O–H groups in total. The molecular weight excluding hydrogens is 321 g/mol. The number of hydroxylamine groups is 1. The number of ether oxygens (including phenoxy) is 2.